The second kappa shape index (κ2) is 6.50. The third-order valence-electron chi connectivity index (χ3n) is 3.81. The number of halogens is 2. The Labute approximate surface area is 117 Å². The van der Waals surface area contributed by atoms with Crippen LogP contribution >= 0.6 is 32.9 Å². The van der Waals surface area contributed by atoms with Gasteiger partial charge >= 0.3 is 0 Å². The van der Waals surface area contributed by atoms with Gasteiger partial charge in [0.05, 0.1) is 4.83 Å². The van der Waals surface area contributed by atoms with Gasteiger partial charge in [-0.15, -0.1) is 17.0 Å². The van der Waals surface area contributed by atoms with E-state index in [0.717, 1.165) is 12.8 Å². The van der Waals surface area contributed by atoms with Crippen LogP contribution in [0.2, 0.25) is 0 Å². The Balaban J connectivity index is 0.00000128. The smallest absolute Gasteiger partial charge is 0.146 e. The highest BCUT2D eigenvalue weighted by molar-refractivity contribution is 9.10. The molecule has 4 heteroatoms. The van der Waals surface area contributed by atoms with Crippen molar-refractivity contribution in [1.29, 1.82) is 0 Å². The molecule has 1 saturated carbocycles. The molecule has 3 atom stereocenters. The molecule has 2 nitrogen and oxygen atoms in total. The second-order valence-corrected chi connectivity index (χ2v) is 5.98. The van der Waals surface area contributed by atoms with Crippen molar-refractivity contribution < 1.29 is 4.79 Å². The molecule has 0 amide bonds. The molecule has 0 N–H and O–H groups in total. The minimum Gasteiger partial charge on any atom is -0.300 e. The van der Waals surface area contributed by atoms with Crippen molar-refractivity contribution in [2.45, 2.75) is 49.9 Å². The molecule has 0 spiro atoms. The Bertz CT molecular complexity index is 245. The summed E-state index contributed by atoms with van der Waals surface area (Å²) < 4.78 is 0. The van der Waals surface area contributed by atoms with Crippen molar-refractivity contribution in [2.24, 2.45) is 5.92 Å². The lowest BCUT2D eigenvalue weighted by Crippen LogP contribution is -2.51. The van der Waals surface area contributed by atoms with E-state index in [1.54, 1.807) is 0 Å². The molecule has 3 unspecified atom stereocenters. The van der Waals surface area contributed by atoms with Gasteiger partial charge in [-0.25, -0.2) is 0 Å². The van der Waals surface area contributed by atoms with Gasteiger partial charge in [-0.1, -0.05) is 22.9 Å². The highest BCUT2D eigenvalue weighted by Crippen LogP contribution is 2.36. The third kappa shape index (κ3) is 3.08. The number of carbonyl (C=O) groups is 1. The molecule has 0 aromatic heterocycles. The van der Waals surface area contributed by atoms with Crippen LogP contribution in [0.15, 0.2) is 0 Å². The molecule has 1 aliphatic heterocycles. The van der Waals surface area contributed by atoms with Gasteiger partial charge < -0.3 is 4.90 Å². The first-order valence-electron chi connectivity index (χ1n) is 6.13. The molecule has 0 aromatic rings. The Morgan fingerprint density at radius 2 is 2.25 bits per heavy atom. The van der Waals surface area contributed by atoms with E-state index in [9.17, 15) is 4.79 Å². The first kappa shape index (κ1) is 14.7. The summed E-state index contributed by atoms with van der Waals surface area (Å²) in [5.41, 5.74) is 0. The van der Waals surface area contributed by atoms with Gasteiger partial charge in [-0.05, 0) is 44.7 Å². The van der Waals surface area contributed by atoms with E-state index in [1.807, 2.05) is 0 Å². The summed E-state index contributed by atoms with van der Waals surface area (Å²) in [6.45, 7) is 4.68. The van der Waals surface area contributed by atoms with Crippen molar-refractivity contribution in [3.8, 4) is 0 Å². The van der Waals surface area contributed by atoms with Crippen LogP contribution in [0, 0.1) is 5.92 Å². The number of alkyl halides is 1. The lowest BCUT2D eigenvalue weighted by molar-refractivity contribution is -0.123. The molecule has 94 valence electrons. The largest absolute Gasteiger partial charge is 0.300 e. The number of hydrogen-bond acceptors (Lipinski definition) is 2. The summed E-state index contributed by atoms with van der Waals surface area (Å²) in [5.74, 6) is 1.07. The molecule has 16 heavy (non-hydrogen) atoms. The third-order valence-corrected chi connectivity index (χ3v) is 4.69. The van der Waals surface area contributed by atoms with Gasteiger partial charge in [0, 0.05) is 12.5 Å². The minimum atomic E-state index is 0. The first-order valence-corrected chi connectivity index (χ1v) is 7.04. The maximum Gasteiger partial charge on any atom is 0.146 e. The van der Waals surface area contributed by atoms with E-state index in [1.165, 1.54) is 32.4 Å². The zero-order valence-corrected chi connectivity index (χ0v) is 13.1. The van der Waals surface area contributed by atoms with Crippen LogP contribution in [0.5, 0.6) is 0 Å². The van der Waals surface area contributed by atoms with E-state index in [0.29, 0.717) is 17.7 Å². The predicted octanol–water partition coefficient (Wildman–Crippen LogP) is 3.18. The SMILES string of the molecule is Br.CCCN1CCCC2CC(=O)C(Br)CC21. The van der Waals surface area contributed by atoms with E-state index < -0.39 is 0 Å². The molecule has 1 saturated heterocycles. The Morgan fingerprint density at radius 3 is 2.94 bits per heavy atom. The van der Waals surface area contributed by atoms with Crippen LogP contribution in [0.3, 0.4) is 0 Å². The van der Waals surface area contributed by atoms with Crippen LogP contribution in [0.4, 0.5) is 0 Å². The number of nitrogens with zero attached hydrogens (tertiary/aromatic N) is 1. The summed E-state index contributed by atoms with van der Waals surface area (Å²) in [6, 6.07) is 0.667. The molecule has 2 rings (SSSR count). The van der Waals surface area contributed by atoms with Crippen LogP contribution in [-0.2, 0) is 4.79 Å². The summed E-state index contributed by atoms with van der Waals surface area (Å²) in [5, 5.41) is 0. The van der Waals surface area contributed by atoms with Crippen molar-refractivity contribution in [2.75, 3.05) is 13.1 Å². The molecule has 2 aliphatic rings. The number of piperidine rings is 1. The van der Waals surface area contributed by atoms with Crippen molar-refractivity contribution in [3.05, 3.63) is 0 Å². The quantitative estimate of drug-likeness (QED) is 0.710. The van der Waals surface area contributed by atoms with Gasteiger partial charge in [-0.3, -0.25) is 4.79 Å². The molecule has 2 fully saturated rings. The van der Waals surface area contributed by atoms with Crippen molar-refractivity contribution >= 4 is 38.7 Å². The highest BCUT2D eigenvalue weighted by atomic mass is 79.9. The van der Waals surface area contributed by atoms with Gasteiger partial charge in [-0.2, -0.15) is 0 Å². The summed E-state index contributed by atoms with van der Waals surface area (Å²) in [4.78, 5) is 14.4. The maximum absolute atomic E-state index is 11.6. The Hall–Kier alpha value is 0.590. The number of carbonyl (C=O) groups excluding carboxylic acids is 1. The lowest BCUT2D eigenvalue weighted by Gasteiger charge is -2.44. The number of hydrogen-bond donors (Lipinski definition) is 0. The van der Waals surface area contributed by atoms with Crippen LogP contribution in [-0.4, -0.2) is 34.6 Å². The van der Waals surface area contributed by atoms with E-state index in [-0.39, 0.29) is 21.8 Å². The highest BCUT2D eigenvalue weighted by Gasteiger charge is 2.39. The standard InChI is InChI=1S/C12H20BrNO.BrH/c1-2-5-14-6-3-4-9-7-12(15)10(13)8-11(9)14;/h9-11H,2-8H2,1H3;1H. The number of ketones is 1. The van der Waals surface area contributed by atoms with Crippen LogP contribution < -0.4 is 0 Å². The summed E-state index contributed by atoms with van der Waals surface area (Å²) >= 11 is 3.52. The molecule has 1 heterocycles. The van der Waals surface area contributed by atoms with E-state index >= 15 is 0 Å². The normalized spacial score (nSPS) is 35.4. The number of fused-ring (bicyclic) bond motifs is 1. The van der Waals surface area contributed by atoms with Gasteiger partial charge in [0.1, 0.15) is 5.78 Å². The zero-order valence-electron chi connectivity index (χ0n) is 9.82. The number of likely N-dealkylation sites (tertiary alicyclic amines) is 1. The van der Waals surface area contributed by atoms with E-state index in [4.69, 9.17) is 0 Å². The van der Waals surface area contributed by atoms with Crippen LogP contribution in [0.1, 0.15) is 39.0 Å². The summed E-state index contributed by atoms with van der Waals surface area (Å²) in [7, 11) is 0. The molecular formula is C12H21Br2NO. The van der Waals surface area contributed by atoms with E-state index in [2.05, 4.69) is 27.8 Å². The molecule has 0 radical (unpaired) electrons. The van der Waals surface area contributed by atoms with Crippen molar-refractivity contribution in [1.82, 2.24) is 4.90 Å². The average Bonchev–Trinajstić information content (AvgIpc) is 2.21. The monoisotopic (exact) mass is 353 g/mol. The first-order chi connectivity index (χ1) is 7.22. The maximum atomic E-state index is 11.6. The Morgan fingerprint density at radius 1 is 1.50 bits per heavy atom. The Kier molecular flexibility index (Phi) is 5.95. The molecule has 1 aliphatic carbocycles. The molecule has 0 aromatic carbocycles. The van der Waals surface area contributed by atoms with Gasteiger partial charge in [0.25, 0.3) is 0 Å². The van der Waals surface area contributed by atoms with Crippen molar-refractivity contribution in [3.63, 3.8) is 0 Å². The average molecular weight is 355 g/mol. The number of Topliss-reactive ketones (excluding diaryl/α,β-unsaturated/α-hetero) is 1. The summed E-state index contributed by atoms with van der Waals surface area (Å²) in [6.07, 6.45) is 5.60. The fourth-order valence-corrected chi connectivity index (χ4v) is 3.66. The van der Waals surface area contributed by atoms with Gasteiger partial charge in [0.15, 0.2) is 0 Å². The topological polar surface area (TPSA) is 20.3 Å². The molecular weight excluding hydrogens is 334 g/mol. The lowest BCUT2D eigenvalue weighted by atomic mass is 9.77. The molecule has 0 bridgehead atoms. The number of rotatable bonds is 2. The fraction of sp³-hybridized carbons (Fsp3) is 0.917. The van der Waals surface area contributed by atoms with Gasteiger partial charge in [0.2, 0.25) is 0 Å². The fourth-order valence-electron chi connectivity index (χ4n) is 3.09. The zero-order chi connectivity index (χ0) is 10.8. The second-order valence-electron chi connectivity index (χ2n) is 4.88. The predicted molar refractivity (Wildman–Crippen MR) is 75.7 cm³/mol. The minimum absolute atomic E-state index is 0. The van der Waals surface area contributed by atoms with Crippen LogP contribution in [0.25, 0.3) is 0 Å².